The summed E-state index contributed by atoms with van der Waals surface area (Å²) in [5.41, 5.74) is 0.190. The lowest BCUT2D eigenvalue weighted by molar-refractivity contribution is 0.102. The van der Waals surface area contributed by atoms with Gasteiger partial charge in [0.15, 0.2) is 0 Å². The first-order valence-electron chi connectivity index (χ1n) is 6.56. The summed E-state index contributed by atoms with van der Waals surface area (Å²) in [4.78, 5) is 12.3. The quantitative estimate of drug-likeness (QED) is 0.901. The molecule has 0 saturated carbocycles. The van der Waals surface area contributed by atoms with E-state index in [1.54, 1.807) is 0 Å². The number of carbonyl (C=O) groups excluding carboxylic acids is 1. The minimum atomic E-state index is -0.693. The number of anilines is 1. The maximum absolute atomic E-state index is 14.0. The van der Waals surface area contributed by atoms with Gasteiger partial charge in [-0.3, -0.25) is 4.79 Å². The number of halogens is 2. The molecular weight excluding hydrogens is 325 g/mol. The van der Waals surface area contributed by atoms with Crippen LogP contribution in [0.1, 0.15) is 10.4 Å². The van der Waals surface area contributed by atoms with Gasteiger partial charge in [0.05, 0.1) is 37.6 Å². The molecule has 2 rings (SSSR count). The molecule has 0 bridgehead atoms. The van der Waals surface area contributed by atoms with Crippen LogP contribution >= 0.6 is 11.6 Å². The van der Waals surface area contributed by atoms with Gasteiger partial charge in [-0.2, -0.15) is 0 Å². The van der Waals surface area contributed by atoms with Gasteiger partial charge in [-0.05, 0) is 12.1 Å². The number of hydrogen-bond donors (Lipinski definition) is 1. The van der Waals surface area contributed by atoms with E-state index in [9.17, 15) is 9.18 Å². The summed E-state index contributed by atoms with van der Waals surface area (Å²) in [6.07, 6.45) is 0. The highest BCUT2D eigenvalue weighted by atomic mass is 35.5. The molecule has 2 aromatic carbocycles. The summed E-state index contributed by atoms with van der Waals surface area (Å²) in [6, 6.07) is 6.97. The number of methoxy groups -OCH3 is 3. The third-order valence-electron chi connectivity index (χ3n) is 3.14. The fraction of sp³-hybridized carbons (Fsp3) is 0.188. The highest BCUT2D eigenvalue weighted by Gasteiger charge is 2.16. The Morgan fingerprint density at radius 3 is 2.30 bits per heavy atom. The molecule has 0 fully saturated rings. The van der Waals surface area contributed by atoms with Crippen molar-refractivity contribution in [1.29, 1.82) is 0 Å². The van der Waals surface area contributed by atoms with E-state index in [1.165, 1.54) is 45.6 Å². The van der Waals surface area contributed by atoms with Gasteiger partial charge in [0.25, 0.3) is 5.91 Å². The molecule has 0 aromatic heterocycles. The van der Waals surface area contributed by atoms with Gasteiger partial charge < -0.3 is 19.5 Å². The normalized spacial score (nSPS) is 10.1. The van der Waals surface area contributed by atoms with Crippen molar-refractivity contribution in [2.45, 2.75) is 0 Å². The fourth-order valence-electron chi connectivity index (χ4n) is 1.95. The summed E-state index contributed by atoms with van der Waals surface area (Å²) in [5, 5.41) is 2.91. The monoisotopic (exact) mass is 339 g/mol. The second-order valence-electron chi connectivity index (χ2n) is 4.49. The molecule has 0 aliphatic rings. The molecule has 0 aliphatic carbocycles. The molecule has 5 nitrogen and oxygen atoms in total. The van der Waals surface area contributed by atoms with E-state index in [1.807, 2.05) is 0 Å². The van der Waals surface area contributed by atoms with E-state index in [4.69, 9.17) is 25.8 Å². The van der Waals surface area contributed by atoms with Gasteiger partial charge in [0.1, 0.15) is 23.1 Å². The zero-order valence-electron chi connectivity index (χ0n) is 12.8. The topological polar surface area (TPSA) is 56.8 Å². The van der Waals surface area contributed by atoms with Gasteiger partial charge in [0.2, 0.25) is 0 Å². The number of carbonyl (C=O) groups is 1. The Balaban J connectivity index is 2.33. The minimum absolute atomic E-state index is 0.123. The Morgan fingerprint density at radius 1 is 1.04 bits per heavy atom. The third kappa shape index (κ3) is 3.65. The largest absolute Gasteiger partial charge is 0.497 e. The Hall–Kier alpha value is -2.47. The van der Waals surface area contributed by atoms with Crippen molar-refractivity contribution in [3.05, 3.63) is 46.7 Å². The van der Waals surface area contributed by atoms with Crippen molar-refractivity contribution in [1.82, 2.24) is 0 Å². The minimum Gasteiger partial charge on any atom is -0.497 e. The fourth-order valence-corrected chi connectivity index (χ4v) is 2.19. The molecule has 0 radical (unpaired) electrons. The van der Waals surface area contributed by atoms with Gasteiger partial charge in [-0.25, -0.2) is 4.39 Å². The average molecular weight is 340 g/mol. The van der Waals surface area contributed by atoms with Crippen molar-refractivity contribution in [2.75, 3.05) is 26.6 Å². The lowest BCUT2D eigenvalue weighted by Gasteiger charge is -2.13. The predicted molar refractivity (Wildman–Crippen MR) is 85.5 cm³/mol. The smallest absolute Gasteiger partial charge is 0.258 e. The predicted octanol–water partition coefficient (Wildman–Crippen LogP) is 3.76. The molecule has 0 spiro atoms. The molecule has 2 aromatic rings. The van der Waals surface area contributed by atoms with Crippen LogP contribution in [-0.2, 0) is 0 Å². The summed E-state index contributed by atoms with van der Waals surface area (Å²) in [5.74, 6) is -0.310. The molecule has 0 aliphatic heterocycles. The molecule has 122 valence electrons. The lowest BCUT2D eigenvalue weighted by Crippen LogP contribution is -2.14. The third-order valence-corrected chi connectivity index (χ3v) is 3.44. The van der Waals surface area contributed by atoms with E-state index < -0.39 is 11.7 Å². The van der Waals surface area contributed by atoms with Gasteiger partial charge in [-0.1, -0.05) is 11.6 Å². The molecule has 7 heteroatoms. The van der Waals surface area contributed by atoms with Crippen LogP contribution in [0, 0.1) is 5.82 Å². The molecule has 23 heavy (non-hydrogen) atoms. The van der Waals surface area contributed by atoms with E-state index in [2.05, 4.69) is 5.32 Å². The molecular formula is C16H15ClFNO4. The molecule has 0 unspecified atom stereocenters. The first-order valence-corrected chi connectivity index (χ1v) is 6.94. The summed E-state index contributed by atoms with van der Waals surface area (Å²) in [7, 11) is 4.30. The first-order chi connectivity index (χ1) is 11.0. The number of hydrogen-bond acceptors (Lipinski definition) is 4. The van der Waals surface area contributed by atoms with E-state index in [-0.39, 0.29) is 5.56 Å². The maximum atomic E-state index is 14.0. The van der Waals surface area contributed by atoms with E-state index in [0.717, 1.165) is 6.07 Å². The standard InChI is InChI=1S/C16H15ClFNO4/c1-21-9-4-5-10(12(18)6-9)16(20)19-13-8-14(22-2)11(17)7-15(13)23-3/h4-8H,1-3H3,(H,19,20). The second kappa shape index (κ2) is 7.19. The van der Waals surface area contributed by atoms with Crippen molar-refractivity contribution in [2.24, 2.45) is 0 Å². The van der Waals surface area contributed by atoms with Gasteiger partial charge >= 0.3 is 0 Å². The zero-order chi connectivity index (χ0) is 17.0. The Labute approximate surface area is 137 Å². The first kappa shape index (κ1) is 16.9. The molecule has 1 N–H and O–H groups in total. The molecule has 0 saturated heterocycles. The number of amides is 1. The highest BCUT2D eigenvalue weighted by molar-refractivity contribution is 6.32. The summed E-state index contributed by atoms with van der Waals surface area (Å²) >= 11 is 6.00. The van der Waals surface area contributed by atoms with Crippen molar-refractivity contribution >= 4 is 23.2 Å². The van der Waals surface area contributed by atoms with Gasteiger partial charge in [0, 0.05) is 18.2 Å². The number of ether oxygens (including phenoxy) is 3. The number of rotatable bonds is 5. The Bertz CT molecular complexity index is 736. The van der Waals surface area contributed by atoms with Crippen LogP contribution < -0.4 is 19.5 Å². The average Bonchev–Trinajstić information content (AvgIpc) is 2.55. The SMILES string of the molecule is COc1ccc(C(=O)Nc2cc(OC)c(Cl)cc2OC)c(F)c1. The molecule has 0 atom stereocenters. The van der Waals surface area contributed by atoms with E-state index in [0.29, 0.717) is 28.0 Å². The lowest BCUT2D eigenvalue weighted by atomic mass is 10.1. The number of benzene rings is 2. The number of nitrogens with one attached hydrogen (secondary N) is 1. The second-order valence-corrected chi connectivity index (χ2v) is 4.89. The van der Waals surface area contributed by atoms with Crippen LogP contribution in [0.5, 0.6) is 17.2 Å². The Kier molecular flexibility index (Phi) is 5.28. The van der Waals surface area contributed by atoms with E-state index >= 15 is 0 Å². The van der Waals surface area contributed by atoms with Crippen LogP contribution in [0.3, 0.4) is 0 Å². The summed E-state index contributed by atoms with van der Waals surface area (Å²) < 4.78 is 29.1. The summed E-state index contributed by atoms with van der Waals surface area (Å²) in [6.45, 7) is 0. The van der Waals surface area contributed by atoms with Crippen LogP contribution in [0.4, 0.5) is 10.1 Å². The van der Waals surface area contributed by atoms with Crippen molar-refractivity contribution < 1.29 is 23.4 Å². The van der Waals surface area contributed by atoms with Crippen molar-refractivity contribution in [3.63, 3.8) is 0 Å². The van der Waals surface area contributed by atoms with Crippen LogP contribution in [0.2, 0.25) is 5.02 Å². The highest BCUT2D eigenvalue weighted by Crippen LogP contribution is 2.36. The Morgan fingerprint density at radius 2 is 1.74 bits per heavy atom. The van der Waals surface area contributed by atoms with Gasteiger partial charge in [-0.15, -0.1) is 0 Å². The van der Waals surface area contributed by atoms with Crippen LogP contribution in [-0.4, -0.2) is 27.2 Å². The molecule has 0 heterocycles. The van der Waals surface area contributed by atoms with Crippen LogP contribution in [0.15, 0.2) is 30.3 Å². The zero-order valence-corrected chi connectivity index (χ0v) is 13.5. The van der Waals surface area contributed by atoms with Crippen molar-refractivity contribution in [3.8, 4) is 17.2 Å². The van der Waals surface area contributed by atoms with Crippen LogP contribution in [0.25, 0.3) is 0 Å². The maximum Gasteiger partial charge on any atom is 0.258 e. The molecule has 1 amide bonds.